The van der Waals surface area contributed by atoms with Gasteiger partial charge in [0, 0.05) is 50.7 Å². The van der Waals surface area contributed by atoms with E-state index in [4.69, 9.17) is 0 Å². The van der Waals surface area contributed by atoms with Gasteiger partial charge in [0.15, 0.2) is 0 Å². The molecule has 1 spiro atoms. The van der Waals surface area contributed by atoms with Crippen LogP contribution >= 0.6 is 0 Å². The number of amides is 1. The molecule has 0 bridgehead atoms. The maximum Gasteiger partial charge on any atom is 0.225 e. The molecule has 2 aliphatic heterocycles. The van der Waals surface area contributed by atoms with Gasteiger partial charge in [-0.05, 0) is 24.3 Å². The summed E-state index contributed by atoms with van der Waals surface area (Å²) in [6.45, 7) is 10.3. The first-order valence-electron chi connectivity index (χ1n) is 10.8. The van der Waals surface area contributed by atoms with E-state index in [1.807, 2.05) is 0 Å². The molecule has 148 valence electrons. The minimum absolute atomic E-state index is 0.137. The highest BCUT2D eigenvalue weighted by Gasteiger charge is 2.57. The number of benzene rings is 1. The summed E-state index contributed by atoms with van der Waals surface area (Å²) >= 11 is 0. The van der Waals surface area contributed by atoms with Crippen LogP contribution in [0.25, 0.3) is 0 Å². The minimum atomic E-state index is 0.137. The molecule has 1 atom stereocenters. The van der Waals surface area contributed by atoms with E-state index < -0.39 is 0 Å². The summed E-state index contributed by atoms with van der Waals surface area (Å²) in [4.78, 5) is 18.2. The lowest BCUT2D eigenvalue weighted by molar-refractivity contribution is -0.134. The van der Waals surface area contributed by atoms with Gasteiger partial charge in [-0.15, -0.1) is 0 Å². The zero-order valence-corrected chi connectivity index (χ0v) is 17.0. The van der Waals surface area contributed by atoms with Crippen molar-refractivity contribution in [2.45, 2.75) is 52.1 Å². The average molecular weight is 370 g/mol. The summed E-state index contributed by atoms with van der Waals surface area (Å²) in [5.41, 5.74) is 1.51. The monoisotopic (exact) mass is 369 g/mol. The number of carbonyl (C=O) groups is 1. The Morgan fingerprint density at radius 2 is 1.85 bits per heavy atom. The quantitative estimate of drug-likeness (QED) is 0.837. The number of hydrogen-bond acceptors (Lipinski definition) is 3. The summed E-state index contributed by atoms with van der Waals surface area (Å²) in [6.07, 6.45) is 5.47. The van der Waals surface area contributed by atoms with E-state index in [9.17, 15) is 4.79 Å². The van der Waals surface area contributed by atoms with Crippen LogP contribution in [0.5, 0.6) is 0 Å². The smallest absolute Gasteiger partial charge is 0.225 e. The Morgan fingerprint density at radius 3 is 2.52 bits per heavy atom. The van der Waals surface area contributed by atoms with Gasteiger partial charge >= 0.3 is 0 Å². The first-order valence-corrected chi connectivity index (χ1v) is 10.8. The van der Waals surface area contributed by atoms with Gasteiger partial charge in [0.1, 0.15) is 0 Å². The Balaban J connectivity index is 1.43. The van der Waals surface area contributed by atoms with Crippen molar-refractivity contribution in [2.24, 2.45) is 17.3 Å². The van der Waals surface area contributed by atoms with Crippen LogP contribution in [0.15, 0.2) is 30.3 Å². The molecule has 1 aliphatic carbocycles. The van der Waals surface area contributed by atoms with E-state index in [0.29, 0.717) is 5.92 Å². The first kappa shape index (κ1) is 18.9. The molecule has 1 N–H and O–H groups in total. The van der Waals surface area contributed by atoms with Crippen molar-refractivity contribution in [2.75, 3.05) is 32.7 Å². The SMILES string of the molecule is CC(C)CNC(=O)C1CN(Cc2ccccc2)CC12CN(C1CCCC1)C2. The number of nitrogens with one attached hydrogen (secondary N) is 1. The highest BCUT2D eigenvalue weighted by Crippen LogP contribution is 2.46. The average Bonchev–Trinajstić information content (AvgIpc) is 3.27. The molecule has 2 heterocycles. The second-order valence-electron chi connectivity index (χ2n) is 9.55. The Labute approximate surface area is 164 Å². The van der Waals surface area contributed by atoms with E-state index in [1.54, 1.807) is 0 Å². The van der Waals surface area contributed by atoms with E-state index in [0.717, 1.165) is 45.3 Å². The van der Waals surface area contributed by atoms with Crippen LogP contribution in [0.1, 0.15) is 45.1 Å². The molecule has 1 amide bonds. The lowest BCUT2D eigenvalue weighted by atomic mass is 9.70. The maximum atomic E-state index is 13.0. The lowest BCUT2D eigenvalue weighted by Crippen LogP contribution is -2.64. The summed E-state index contributed by atoms with van der Waals surface area (Å²) in [7, 11) is 0. The van der Waals surface area contributed by atoms with Crippen LogP contribution in [0.4, 0.5) is 0 Å². The van der Waals surface area contributed by atoms with Gasteiger partial charge in [0.25, 0.3) is 0 Å². The van der Waals surface area contributed by atoms with Crippen molar-refractivity contribution < 1.29 is 4.79 Å². The third kappa shape index (κ3) is 4.07. The normalized spacial score (nSPS) is 26.0. The number of likely N-dealkylation sites (tertiary alicyclic amines) is 2. The van der Waals surface area contributed by atoms with Crippen molar-refractivity contribution in [3.63, 3.8) is 0 Å². The van der Waals surface area contributed by atoms with Gasteiger partial charge in [-0.3, -0.25) is 14.6 Å². The molecule has 4 heteroatoms. The van der Waals surface area contributed by atoms with Crippen LogP contribution in [0.3, 0.4) is 0 Å². The third-order valence-corrected chi connectivity index (χ3v) is 6.85. The lowest BCUT2D eigenvalue weighted by Gasteiger charge is -2.53. The van der Waals surface area contributed by atoms with Gasteiger partial charge in [0.05, 0.1) is 5.92 Å². The summed E-state index contributed by atoms with van der Waals surface area (Å²) in [5.74, 6) is 0.922. The van der Waals surface area contributed by atoms with E-state index in [1.165, 1.54) is 31.2 Å². The Bertz CT molecular complexity index is 632. The number of rotatable bonds is 6. The predicted octanol–water partition coefficient (Wildman–Crippen LogP) is 3.14. The number of nitrogens with zero attached hydrogens (tertiary/aromatic N) is 2. The summed E-state index contributed by atoms with van der Waals surface area (Å²) < 4.78 is 0. The molecular weight excluding hydrogens is 334 g/mol. The molecular formula is C23H35N3O. The van der Waals surface area contributed by atoms with Gasteiger partial charge in [-0.2, -0.15) is 0 Å². The molecule has 1 aromatic carbocycles. The Kier molecular flexibility index (Phi) is 5.56. The summed E-state index contributed by atoms with van der Waals surface area (Å²) in [6, 6.07) is 11.5. The Hall–Kier alpha value is -1.39. The molecule has 4 nitrogen and oxygen atoms in total. The standard InChI is InChI=1S/C23H35N3O/c1-18(2)12-24-22(27)21-14-25(13-19-8-4-3-5-9-19)15-23(21)16-26(17-23)20-10-6-7-11-20/h3-5,8-9,18,20-21H,6-7,10-17H2,1-2H3,(H,24,27). The van der Waals surface area contributed by atoms with Crippen molar-refractivity contribution >= 4 is 5.91 Å². The molecule has 2 saturated heterocycles. The second-order valence-corrected chi connectivity index (χ2v) is 9.55. The molecule has 27 heavy (non-hydrogen) atoms. The van der Waals surface area contributed by atoms with Crippen molar-refractivity contribution in [3.8, 4) is 0 Å². The van der Waals surface area contributed by atoms with Crippen LogP contribution < -0.4 is 5.32 Å². The fourth-order valence-electron chi connectivity index (χ4n) is 5.43. The van der Waals surface area contributed by atoms with Crippen molar-refractivity contribution in [1.82, 2.24) is 15.1 Å². The fraction of sp³-hybridized carbons (Fsp3) is 0.696. The minimum Gasteiger partial charge on any atom is -0.356 e. The third-order valence-electron chi connectivity index (χ3n) is 6.85. The van der Waals surface area contributed by atoms with Crippen LogP contribution in [0, 0.1) is 17.3 Å². The molecule has 3 fully saturated rings. The summed E-state index contributed by atoms with van der Waals surface area (Å²) in [5, 5.41) is 3.23. The number of carbonyl (C=O) groups excluding carboxylic acids is 1. The van der Waals surface area contributed by atoms with E-state index >= 15 is 0 Å². The maximum absolute atomic E-state index is 13.0. The highest BCUT2D eigenvalue weighted by atomic mass is 16.2. The first-order chi connectivity index (χ1) is 13.1. The molecule has 1 unspecified atom stereocenters. The zero-order chi connectivity index (χ0) is 18.9. The van der Waals surface area contributed by atoms with Crippen molar-refractivity contribution in [1.29, 1.82) is 0 Å². The molecule has 4 rings (SSSR count). The van der Waals surface area contributed by atoms with Crippen LogP contribution in [-0.2, 0) is 11.3 Å². The molecule has 0 aromatic heterocycles. The van der Waals surface area contributed by atoms with E-state index in [-0.39, 0.29) is 17.2 Å². The molecule has 1 aromatic rings. The second kappa shape index (κ2) is 7.92. The van der Waals surface area contributed by atoms with Crippen LogP contribution in [0.2, 0.25) is 0 Å². The predicted molar refractivity (Wildman–Crippen MR) is 109 cm³/mol. The largest absolute Gasteiger partial charge is 0.356 e. The van der Waals surface area contributed by atoms with E-state index in [2.05, 4.69) is 59.3 Å². The molecule has 1 saturated carbocycles. The zero-order valence-electron chi connectivity index (χ0n) is 17.0. The number of hydrogen-bond donors (Lipinski definition) is 1. The topological polar surface area (TPSA) is 35.6 Å². The van der Waals surface area contributed by atoms with Gasteiger partial charge in [-0.25, -0.2) is 0 Å². The van der Waals surface area contributed by atoms with Gasteiger partial charge in [0.2, 0.25) is 5.91 Å². The molecule has 3 aliphatic rings. The van der Waals surface area contributed by atoms with Gasteiger partial charge in [-0.1, -0.05) is 57.0 Å². The van der Waals surface area contributed by atoms with Gasteiger partial charge < -0.3 is 5.32 Å². The fourth-order valence-corrected chi connectivity index (χ4v) is 5.43. The van der Waals surface area contributed by atoms with Crippen molar-refractivity contribution in [3.05, 3.63) is 35.9 Å². The Morgan fingerprint density at radius 1 is 1.15 bits per heavy atom. The highest BCUT2D eigenvalue weighted by molar-refractivity contribution is 5.80. The molecule has 0 radical (unpaired) electrons. The van der Waals surface area contributed by atoms with Crippen LogP contribution in [-0.4, -0.2) is 54.5 Å².